The zero-order valence-electron chi connectivity index (χ0n) is 13.4. The van der Waals surface area contributed by atoms with E-state index in [9.17, 15) is 14.9 Å². The molecular formula is C19H16N2O3S. The first kappa shape index (κ1) is 15.8. The third kappa shape index (κ3) is 3.00. The molecule has 0 unspecified atom stereocenters. The second-order valence-electron chi connectivity index (χ2n) is 6.21. The number of amides is 1. The van der Waals surface area contributed by atoms with Crippen LogP contribution in [-0.2, 0) is 6.42 Å². The van der Waals surface area contributed by atoms with Crippen LogP contribution in [0.5, 0.6) is 0 Å². The van der Waals surface area contributed by atoms with Gasteiger partial charge in [-0.05, 0) is 42.5 Å². The van der Waals surface area contributed by atoms with Gasteiger partial charge >= 0.3 is 0 Å². The molecule has 126 valence electrons. The summed E-state index contributed by atoms with van der Waals surface area (Å²) in [6.45, 7) is 0. The van der Waals surface area contributed by atoms with Crippen molar-refractivity contribution in [1.29, 1.82) is 0 Å². The lowest BCUT2D eigenvalue weighted by atomic mass is 9.88. The molecule has 0 aliphatic heterocycles. The maximum atomic E-state index is 12.7. The molecule has 1 atom stereocenters. The Balaban J connectivity index is 1.59. The molecule has 0 radical (unpaired) electrons. The summed E-state index contributed by atoms with van der Waals surface area (Å²) in [4.78, 5) is 23.7. The fourth-order valence-electron chi connectivity index (χ4n) is 3.39. The van der Waals surface area contributed by atoms with E-state index in [0.717, 1.165) is 29.3 Å². The van der Waals surface area contributed by atoms with Crippen LogP contribution >= 0.6 is 11.3 Å². The van der Waals surface area contributed by atoms with Gasteiger partial charge in [0, 0.05) is 22.2 Å². The molecule has 1 aliphatic rings. The SMILES string of the molecule is O=C(N[C@H]1CCCc2ccccc21)c1cc2cc([N+](=O)[O-])ccc2s1. The summed E-state index contributed by atoms with van der Waals surface area (Å²) in [7, 11) is 0. The van der Waals surface area contributed by atoms with Crippen molar-refractivity contribution in [2.75, 3.05) is 0 Å². The topological polar surface area (TPSA) is 72.2 Å². The number of benzene rings is 2. The van der Waals surface area contributed by atoms with E-state index in [4.69, 9.17) is 0 Å². The van der Waals surface area contributed by atoms with Gasteiger partial charge < -0.3 is 5.32 Å². The van der Waals surface area contributed by atoms with Crippen molar-refractivity contribution in [2.45, 2.75) is 25.3 Å². The molecule has 1 N–H and O–H groups in total. The molecule has 3 aromatic rings. The second-order valence-corrected chi connectivity index (χ2v) is 7.29. The molecule has 1 aromatic heterocycles. The number of carbonyl (C=O) groups excluding carboxylic acids is 1. The highest BCUT2D eigenvalue weighted by atomic mass is 32.1. The molecule has 0 saturated carbocycles. The predicted molar refractivity (Wildman–Crippen MR) is 98.1 cm³/mol. The number of rotatable bonds is 3. The fourth-order valence-corrected chi connectivity index (χ4v) is 4.34. The quantitative estimate of drug-likeness (QED) is 0.552. The number of carbonyl (C=O) groups is 1. The van der Waals surface area contributed by atoms with Crippen LogP contribution in [0.4, 0.5) is 5.69 Å². The first-order valence-corrected chi connectivity index (χ1v) is 9.00. The Kier molecular flexibility index (Phi) is 3.97. The summed E-state index contributed by atoms with van der Waals surface area (Å²) in [5.41, 5.74) is 2.53. The molecule has 1 amide bonds. The third-order valence-corrected chi connectivity index (χ3v) is 5.72. The van der Waals surface area contributed by atoms with Crippen LogP contribution in [0.1, 0.15) is 39.7 Å². The average Bonchev–Trinajstić information content (AvgIpc) is 3.05. The number of nitrogens with zero attached hydrogens (tertiary/aromatic N) is 1. The molecule has 0 fully saturated rings. The number of hydrogen-bond donors (Lipinski definition) is 1. The molecular weight excluding hydrogens is 336 g/mol. The Bertz CT molecular complexity index is 980. The van der Waals surface area contributed by atoms with Crippen LogP contribution in [0, 0.1) is 10.1 Å². The Labute approximate surface area is 148 Å². The van der Waals surface area contributed by atoms with Crippen molar-refractivity contribution in [3.8, 4) is 0 Å². The monoisotopic (exact) mass is 352 g/mol. The Morgan fingerprint density at radius 2 is 2.04 bits per heavy atom. The van der Waals surface area contributed by atoms with E-state index in [0.29, 0.717) is 4.88 Å². The van der Waals surface area contributed by atoms with Crippen molar-refractivity contribution in [2.24, 2.45) is 0 Å². The summed E-state index contributed by atoms with van der Waals surface area (Å²) in [5.74, 6) is -0.120. The molecule has 0 saturated heterocycles. The molecule has 0 bridgehead atoms. The minimum Gasteiger partial charge on any atom is -0.345 e. The highest BCUT2D eigenvalue weighted by molar-refractivity contribution is 7.20. The zero-order chi connectivity index (χ0) is 17.4. The molecule has 6 heteroatoms. The number of fused-ring (bicyclic) bond motifs is 2. The summed E-state index contributed by atoms with van der Waals surface area (Å²) >= 11 is 1.36. The number of non-ortho nitro benzene ring substituents is 1. The van der Waals surface area contributed by atoms with Crippen LogP contribution in [-0.4, -0.2) is 10.8 Å². The number of hydrogen-bond acceptors (Lipinski definition) is 4. The molecule has 25 heavy (non-hydrogen) atoms. The standard InChI is InChI=1S/C19H16N2O3S/c22-19(20-16-7-3-5-12-4-1-2-6-15(12)16)18-11-13-10-14(21(23)24)8-9-17(13)25-18/h1-2,4,6,8-11,16H,3,5,7H2,(H,20,22)/t16-/m0/s1. The normalized spacial score (nSPS) is 16.4. The summed E-state index contributed by atoms with van der Waals surface area (Å²) in [6.07, 6.45) is 3.04. The number of aryl methyl sites for hydroxylation is 1. The lowest BCUT2D eigenvalue weighted by Crippen LogP contribution is -2.30. The number of nitro benzene ring substituents is 1. The van der Waals surface area contributed by atoms with E-state index < -0.39 is 4.92 Å². The maximum Gasteiger partial charge on any atom is 0.270 e. The predicted octanol–water partition coefficient (Wildman–Crippen LogP) is 4.62. The minimum atomic E-state index is -0.421. The van der Waals surface area contributed by atoms with Gasteiger partial charge in [0.05, 0.1) is 15.8 Å². The number of thiophene rings is 1. The molecule has 0 spiro atoms. The van der Waals surface area contributed by atoms with Crippen LogP contribution in [0.25, 0.3) is 10.1 Å². The number of nitrogens with one attached hydrogen (secondary N) is 1. The van der Waals surface area contributed by atoms with Gasteiger partial charge in [-0.25, -0.2) is 0 Å². The second kappa shape index (κ2) is 6.29. The summed E-state index contributed by atoms with van der Waals surface area (Å²) in [6, 6.07) is 14.7. The summed E-state index contributed by atoms with van der Waals surface area (Å²) in [5, 5.41) is 14.8. The first-order valence-electron chi connectivity index (χ1n) is 8.18. The third-order valence-electron chi connectivity index (χ3n) is 4.61. The zero-order valence-corrected chi connectivity index (χ0v) is 14.2. The molecule has 5 nitrogen and oxygen atoms in total. The van der Waals surface area contributed by atoms with Crippen LogP contribution in [0.15, 0.2) is 48.5 Å². The van der Waals surface area contributed by atoms with Crippen LogP contribution in [0.2, 0.25) is 0 Å². The Morgan fingerprint density at radius 3 is 2.88 bits per heavy atom. The van der Waals surface area contributed by atoms with Crippen molar-refractivity contribution < 1.29 is 9.72 Å². The first-order chi connectivity index (χ1) is 12.1. The van der Waals surface area contributed by atoms with E-state index in [1.165, 1.54) is 34.6 Å². The Hall–Kier alpha value is -2.73. The average molecular weight is 352 g/mol. The maximum absolute atomic E-state index is 12.7. The van der Waals surface area contributed by atoms with Crippen molar-refractivity contribution in [3.05, 3.63) is 74.6 Å². The summed E-state index contributed by atoms with van der Waals surface area (Å²) < 4.78 is 0.875. The van der Waals surface area contributed by atoms with Gasteiger partial charge in [-0.1, -0.05) is 24.3 Å². The van der Waals surface area contributed by atoms with E-state index in [1.807, 2.05) is 12.1 Å². The van der Waals surface area contributed by atoms with Crippen LogP contribution < -0.4 is 5.32 Å². The van der Waals surface area contributed by atoms with Gasteiger partial charge in [0.1, 0.15) is 0 Å². The van der Waals surface area contributed by atoms with Gasteiger partial charge in [0.15, 0.2) is 0 Å². The van der Waals surface area contributed by atoms with Crippen LogP contribution in [0.3, 0.4) is 0 Å². The van der Waals surface area contributed by atoms with Gasteiger partial charge in [-0.15, -0.1) is 11.3 Å². The minimum absolute atomic E-state index is 0.0250. The lowest BCUT2D eigenvalue weighted by Gasteiger charge is -2.26. The Morgan fingerprint density at radius 1 is 1.20 bits per heavy atom. The van der Waals surface area contributed by atoms with Crippen molar-refractivity contribution in [3.63, 3.8) is 0 Å². The van der Waals surface area contributed by atoms with Gasteiger partial charge in [-0.3, -0.25) is 14.9 Å². The van der Waals surface area contributed by atoms with E-state index in [-0.39, 0.29) is 17.6 Å². The smallest absolute Gasteiger partial charge is 0.270 e. The number of nitro groups is 1. The highest BCUT2D eigenvalue weighted by Crippen LogP contribution is 2.32. The van der Waals surface area contributed by atoms with Crippen molar-refractivity contribution >= 4 is 33.0 Å². The lowest BCUT2D eigenvalue weighted by molar-refractivity contribution is -0.384. The van der Waals surface area contributed by atoms with Gasteiger partial charge in [0.2, 0.25) is 0 Å². The van der Waals surface area contributed by atoms with Gasteiger partial charge in [0.25, 0.3) is 11.6 Å². The van der Waals surface area contributed by atoms with E-state index in [1.54, 1.807) is 12.1 Å². The molecule has 2 aromatic carbocycles. The highest BCUT2D eigenvalue weighted by Gasteiger charge is 2.22. The van der Waals surface area contributed by atoms with E-state index >= 15 is 0 Å². The van der Waals surface area contributed by atoms with Crippen molar-refractivity contribution in [1.82, 2.24) is 5.32 Å². The molecule has 1 heterocycles. The van der Waals surface area contributed by atoms with Gasteiger partial charge in [-0.2, -0.15) is 0 Å². The van der Waals surface area contributed by atoms with E-state index in [2.05, 4.69) is 17.4 Å². The fraction of sp³-hybridized carbons (Fsp3) is 0.211. The largest absolute Gasteiger partial charge is 0.345 e. The molecule has 1 aliphatic carbocycles. The molecule has 4 rings (SSSR count).